The van der Waals surface area contributed by atoms with Gasteiger partial charge in [0.1, 0.15) is 0 Å². The molecule has 3 rings (SSSR count). The Bertz CT molecular complexity index is 716. The number of carboxylic acids is 1. The average molecular weight is 334 g/mol. The van der Waals surface area contributed by atoms with Crippen LogP contribution in [0.3, 0.4) is 0 Å². The molecule has 0 radical (unpaired) electrons. The number of aromatic nitrogens is 1. The maximum Gasteiger partial charge on any atom is 0.317 e. The van der Waals surface area contributed by atoms with E-state index in [1.807, 2.05) is 36.1 Å². The van der Waals surface area contributed by atoms with E-state index in [1.165, 1.54) is 0 Å². The number of fused-ring (bicyclic) bond motifs is 1. The van der Waals surface area contributed by atoms with Gasteiger partial charge in [0.2, 0.25) is 0 Å². The number of likely N-dealkylation sites (N-methyl/N-ethyl adjacent to an activating group) is 1. The predicted molar refractivity (Wildman–Crippen MR) is 92.1 cm³/mol. The first-order chi connectivity index (χ1) is 11.1. The highest BCUT2D eigenvalue weighted by Gasteiger charge is 2.33. The van der Waals surface area contributed by atoms with E-state index < -0.39 is 5.97 Å². The van der Waals surface area contributed by atoms with Crippen molar-refractivity contribution in [2.24, 2.45) is 0 Å². The molecule has 0 aliphatic heterocycles. The molecule has 0 bridgehead atoms. The van der Waals surface area contributed by atoms with Crippen LogP contribution in [-0.2, 0) is 4.79 Å². The van der Waals surface area contributed by atoms with E-state index in [0.717, 1.165) is 36.0 Å². The molecule has 0 unspecified atom stereocenters. The van der Waals surface area contributed by atoms with Crippen LogP contribution in [-0.4, -0.2) is 46.1 Å². The minimum Gasteiger partial charge on any atom is -0.480 e. The van der Waals surface area contributed by atoms with Gasteiger partial charge in [0, 0.05) is 34.4 Å². The number of aliphatic carboxylic acids is 1. The first-order valence-corrected chi connectivity index (χ1v) is 8.21. The molecule has 0 amide bonds. The summed E-state index contributed by atoms with van der Waals surface area (Å²) in [5, 5.41) is 14.2. The number of carbonyl (C=O) groups is 1. The molecule has 1 heterocycles. The number of benzene rings is 1. The summed E-state index contributed by atoms with van der Waals surface area (Å²) < 4.78 is 0. The lowest BCUT2D eigenvalue weighted by molar-refractivity contribution is -0.139. The third-order valence-corrected chi connectivity index (χ3v) is 4.67. The molecule has 1 aromatic carbocycles. The van der Waals surface area contributed by atoms with Gasteiger partial charge in [-0.3, -0.25) is 14.7 Å². The summed E-state index contributed by atoms with van der Waals surface area (Å²) in [4.78, 5) is 17.2. The molecule has 0 atom stereocenters. The molecule has 2 N–H and O–H groups in total. The molecule has 5 nitrogen and oxygen atoms in total. The Morgan fingerprint density at radius 3 is 2.91 bits per heavy atom. The molecule has 1 aliphatic carbocycles. The molecule has 1 saturated carbocycles. The van der Waals surface area contributed by atoms with E-state index in [1.54, 1.807) is 6.20 Å². The lowest BCUT2D eigenvalue weighted by Crippen LogP contribution is -2.51. The molecule has 122 valence electrons. The SMILES string of the molecule is CCN(CC(=O)O)C1CC(Nc2ccnc3cc(Cl)ccc23)C1. The number of halogens is 1. The van der Waals surface area contributed by atoms with E-state index in [4.69, 9.17) is 16.7 Å². The van der Waals surface area contributed by atoms with Crippen LogP contribution < -0.4 is 5.32 Å². The van der Waals surface area contributed by atoms with Crippen LogP contribution in [0.2, 0.25) is 5.02 Å². The molecule has 0 spiro atoms. The largest absolute Gasteiger partial charge is 0.480 e. The number of rotatable bonds is 6. The van der Waals surface area contributed by atoms with Crippen molar-refractivity contribution in [3.05, 3.63) is 35.5 Å². The van der Waals surface area contributed by atoms with Crippen molar-refractivity contribution in [2.75, 3.05) is 18.4 Å². The fraction of sp³-hybridized carbons (Fsp3) is 0.412. The van der Waals surface area contributed by atoms with Crippen LogP contribution in [0.25, 0.3) is 10.9 Å². The van der Waals surface area contributed by atoms with Gasteiger partial charge in [0.25, 0.3) is 0 Å². The third kappa shape index (κ3) is 3.57. The topological polar surface area (TPSA) is 65.5 Å². The summed E-state index contributed by atoms with van der Waals surface area (Å²) in [6, 6.07) is 8.38. The van der Waals surface area contributed by atoms with Crippen molar-refractivity contribution in [1.29, 1.82) is 0 Å². The van der Waals surface area contributed by atoms with Crippen molar-refractivity contribution in [3.8, 4) is 0 Å². The van der Waals surface area contributed by atoms with Crippen molar-refractivity contribution >= 4 is 34.2 Å². The maximum atomic E-state index is 10.9. The number of carboxylic acid groups (broad SMARTS) is 1. The standard InChI is InChI=1S/C17H20ClN3O2/c1-2-21(10-17(22)23)13-8-12(9-13)20-15-5-6-19-16-7-11(18)3-4-14(15)16/h3-7,12-13H,2,8-10H2,1H3,(H,19,20)(H,22,23). The normalized spacial score (nSPS) is 20.5. The van der Waals surface area contributed by atoms with Crippen LogP contribution in [0.4, 0.5) is 5.69 Å². The number of nitrogens with zero attached hydrogens (tertiary/aromatic N) is 2. The Labute approximate surface area is 140 Å². The van der Waals surface area contributed by atoms with Gasteiger partial charge in [-0.25, -0.2) is 0 Å². The van der Waals surface area contributed by atoms with Crippen LogP contribution in [0, 0.1) is 0 Å². The summed E-state index contributed by atoms with van der Waals surface area (Å²) in [5.41, 5.74) is 1.93. The smallest absolute Gasteiger partial charge is 0.317 e. The van der Waals surface area contributed by atoms with E-state index in [2.05, 4.69) is 10.3 Å². The number of hydrogen-bond acceptors (Lipinski definition) is 4. The van der Waals surface area contributed by atoms with Gasteiger partial charge in [-0.1, -0.05) is 18.5 Å². The molecular formula is C17H20ClN3O2. The maximum absolute atomic E-state index is 10.9. The van der Waals surface area contributed by atoms with Gasteiger partial charge in [-0.05, 0) is 43.7 Å². The lowest BCUT2D eigenvalue weighted by atomic mass is 9.85. The molecule has 23 heavy (non-hydrogen) atoms. The molecule has 1 aromatic heterocycles. The van der Waals surface area contributed by atoms with Crippen molar-refractivity contribution < 1.29 is 9.90 Å². The van der Waals surface area contributed by atoms with Gasteiger partial charge < -0.3 is 10.4 Å². The van der Waals surface area contributed by atoms with Gasteiger partial charge in [0.15, 0.2) is 0 Å². The van der Waals surface area contributed by atoms with Gasteiger partial charge in [-0.2, -0.15) is 0 Å². The highest BCUT2D eigenvalue weighted by atomic mass is 35.5. The Balaban J connectivity index is 1.65. The Hall–Kier alpha value is -1.85. The van der Waals surface area contributed by atoms with Crippen molar-refractivity contribution in [2.45, 2.75) is 31.8 Å². The molecule has 0 saturated heterocycles. The van der Waals surface area contributed by atoms with Gasteiger partial charge >= 0.3 is 5.97 Å². The van der Waals surface area contributed by atoms with Crippen LogP contribution in [0.5, 0.6) is 0 Å². The zero-order valence-corrected chi connectivity index (χ0v) is 13.8. The van der Waals surface area contributed by atoms with Gasteiger partial charge in [-0.15, -0.1) is 0 Å². The second-order valence-corrected chi connectivity index (χ2v) is 6.38. The van der Waals surface area contributed by atoms with E-state index in [-0.39, 0.29) is 6.54 Å². The Morgan fingerprint density at radius 1 is 1.43 bits per heavy atom. The zero-order valence-electron chi connectivity index (χ0n) is 13.0. The second kappa shape index (κ2) is 6.72. The molecule has 1 aliphatic rings. The summed E-state index contributed by atoms with van der Waals surface area (Å²) in [6.07, 6.45) is 3.69. The number of pyridine rings is 1. The lowest BCUT2D eigenvalue weighted by Gasteiger charge is -2.42. The Kier molecular flexibility index (Phi) is 4.68. The quantitative estimate of drug-likeness (QED) is 0.849. The molecule has 6 heteroatoms. The molecule has 1 fully saturated rings. The minimum atomic E-state index is -0.764. The Morgan fingerprint density at radius 2 is 2.22 bits per heavy atom. The molecule has 2 aromatic rings. The second-order valence-electron chi connectivity index (χ2n) is 5.94. The van der Waals surface area contributed by atoms with Crippen LogP contribution in [0.15, 0.2) is 30.5 Å². The van der Waals surface area contributed by atoms with Crippen molar-refractivity contribution in [1.82, 2.24) is 9.88 Å². The number of anilines is 1. The fourth-order valence-electron chi connectivity index (χ4n) is 3.14. The summed E-state index contributed by atoms with van der Waals surface area (Å²) >= 11 is 6.01. The predicted octanol–water partition coefficient (Wildman–Crippen LogP) is 3.24. The minimum absolute atomic E-state index is 0.116. The number of nitrogens with one attached hydrogen (secondary N) is 1. The highest BCUT2D eigenvalue weighted by molar-refractivity contribution is 6.31. The highest BCUT2D eigenvalue weighted by Crippen LogP contribution is 2.31. The van der Waals surface area contributed by atoms with Crippen molar-refractivity contribution in [3.63, 3.8) is 0 Å². The monoisotopic (exact) mass is 333 g/mol. The first-order valence-electron chi connectivity index (χ1n) is 7.83. The van der Waals surface area contributed by atoms with E-state index in [0.29, 0.717) is 17.1 Å². The number of hydrogen-bond donors (Lipinski definition) is 2. The molecular weight excluding hydrogens is 314 g/mol. The third-order valence-electron chi connectivity index (χ3n) is 4.44. The van der Waals surface area contributed by atoms with E-state index >= 15 is 0 Å². The summed E-state index contributed by atoms with van der Waals surface area (Å²) in [7, 11) is 0. The zero-order chi connectivity index (χ0) is 16.4. The van der Waals surface area contributed by atoms with E-state index in [9.17, 15) is 4.79 Å². The summed E-state index contributed by atoms with van der Waals surface area (Å²) in [6.45, 7) is 2.88. The first kappa shape index (κ1) is 16.0. The van der Waals surface area contributed by atoms with Gasteiger partial charge in [0.05, 0.1) is 12.1 Å². The van der Waals surface area contributed by atoms with Crippen LogP contribution >= 0.6 is 11.6 Å². The van der Waals surface area contributed by atoms with Crippen LogP contribution in [0.1, 0.15) is 19.8 Å². The fourth-order valence-corrected chi connectivity index (χ4v) is 3.31. The average Bonchev–Trinajstić information content (AvgIpc) is 2.48. The summed E-state index contributed by atoms with van der Waals surface area (Å²) in [5.74, 6) is -0.764.